The summed E-state index contributed by atoms with van der Waals surface area (Å²) in [6, 6.07) is 5.38. The second-order valence-corrected chi connectivity index (χ2v) is 7.57. The fraction of sp³-hybridized carbons (Fsp3) is 0.333. The Bertz CT molecular complexity index is 1000. The van der Waals surface area contributed by atoms with Crippen molar-refractivity contribution in [3.05, 3.63) is 57.7 Å². The minimum absolute atomic E-state index is 0.169. The molecule has 0 aliphatic carbocycles. The third-order valence-electron chi connectivity index (χ3n) is 4.93. The van der Waals surface area contributed by atoms with Crippen molar-refractivity contribution in [3.8, 4) is 0 Å². The Hall–Kier alpha value is -2.00. The van der Waals surface area contributed by atoms with Crippen LogP contribution in [0, 0.1) is 5.95 Å². The SMILES string of the molecule is C[C@@H]1Cc2c(ccc3[nH]ncc23)C(c2ccc(Br)c(F)n2)N1CC(F)(F)F. The largest absolute Gasteiger partial charge is 0.401 e. The highest BCUT2D eigenvalue weighted by molar-refractivity contribution is 9.10. The molecule has 0 saturated heterocycles. The molecule has 0 radical (unpaired) electrons. The number of hydrogen-bond donors (Lipinski definition) is 1. The lowest BCUT2D eigenvalue weighted by atomic mass is 9.85. The van der Waals surface area contributed by atoms with Gasteiger partial charge in [0.2, 0.25) is 5.95 Å². The van der Waals surface area contributed by atoms with Crippen LogP contribution in [0.4, 0.5) is 17.6 Å². The number of aromatic amines is 1. The van der Waals surface area contributed by atoms with Gasteiger partial charge in [-0.05, 0) is 58.6 Å². The zero-order valence-electron chi connectivity index (χ0n) is 14.2. The third kappa shape index (κ3) is 3.34. The van der Waals surface area contributed by atoms with E-state index in [1.807, 2.05) is 0 Å². The highest BCUT2D eigenvalue weighted by Crippen LogP contribution is 2.41. The van der Waals surface area contributed by atoms with Crippen molar-refractivity contribution in [2.45, 2.75) is 31.6 Å². The second-order valence-electron chi connectivity index (χ2n) is 6.72. The number of pyridine rings is 1. The van der Waals surface area contributed by atoms with Crippen molar-refractivity contribution in [2.75, 3.05) is 6.54 Å². The monoisotopic (exact) mass is 442 g/mol. The molecule has 0 fully saturated rings. The van der Waals surface area contributed by atoms with E-state index in [4.69, 9.17) is 0 Å². The van der Waals surface area contributed by atoms with Gasteiger partial charge in [0.15, 0.2) is 0 Å². The van der Waals surface area contributed by atoms with E-state index in [0.29, 0.717) is 12.0 Å². The molecule has 4 rings (SSSR count). The molecular weight excluding hydrogens is 428 g/mol. The average molecular weight is 443 g/mol. The average Bonchev–Trinajstić information content (AvgIpc) is 3.06. The maximum absolute atomic E-state index is 14.1. The first-order valence-electron chi connectivity index (χ1n) is 8.34. The number of rotatable bonds is 2. The molecule has 2 atom stereocenters. The lowest BCUT2D eigenvalue weighted by Gasteiger charge is -2.42. The number of H-pyrrole nitrogens is 1. The van der Waals surface area contributed by atoms with Crippen LogP contribution in [0.3, 0.4) is 0 Å². The molecule has 1 N–H and O–H groups in total. The summed E-state index contributed by atoms with van der Waals surface area (Å²) in [5.74, 6) is -0.747. The van der Waals surface area contributed by atoms with E-state index < -0.39 is 30.8 Å². The summed E-state index contributed by atoms with van der Waals surface area (Å²) in [4.78, 5) is 5.27. The Labute approximate surface area is 160 Å². The van der Waals surface area contributed by atoms with Crippen LogP contribution in [-0.4, -0.2) is 38.8 Å². The normalized spacial score (nSPS) is 20.8. The highest BCUT2D eigenvalue weighted by atomic mass is 79.9. The molecule has 3 heterocycles. The minimum Gasteiger partial charge on any atom is -0.279 e. The summed E-state index contributed by atoms with van der Waals surface area (Å²) in [5, 5.41) is 7.78. The van der Waals surface area contributed by atoms with E-state index in [1.165, 1.54) is 11.0 Å². The molecule has 0 spiro atoms. The van der Waals surface area contributed by atoms with E-state index >= 15 is 0 Å². The number of fused-ring (bicyclic) bond motifs is 3. The van der Waals surface area contributed by atoms with E-state index in [2.05, 4.69) is 31.1 Å². The van der Waals surface area contributed by atoms with Crippen LogP contribution in [0.2, 0.25) is 0 Å². The number of halogens is 5. The zero-order valence-corrected chi connectivity index (χ0v) is 15.8. The fourth-order valence-electron chi connectivity index (χ4n) is 3.79. The minimum atomic E-state index is -4.38. The van der Waals surface area contributed by atoms with Crippen molar-refractivity contribution < 1.29 is 17.6 Å². The number of benzene rings is 1. The van der Waals surface area contributed by atoms with E-state index in [9.17, 15) is 17.6 Å². The van der Waals surface area contributed by atoms with Crippen LogP contribution in [0.15, 0.2) is 34.9 Å². The Morgan fingerprint density at radius 3 is 2.74 bits per heavy atom. The van der Waals surface area contributed by atoms with Crippen molar-refractivity contribution in [1.82, 2.24) is 20.1 Å². The molecule has 1 aliphatic heterocycles. The van der Waals surface area contributed by atoms with Gasteiger partial charge in [-0.25, -0.2) is 4.98 Å². The maximum atomic E-state index is 14.1. The van der Waals surface area contributed by atoms with Crippen LogP contribution >= 0.6 is 15.9 Å². The van der Waals surface area contributed by atoms with Crippen LogP contribution in [0.25, 0.3) is 10.9 Å². The van der Waals surface area contributed by atoms with Gasteiger partial charge in [0.25, 0.3) is 0 Å². The fourth-order valence-corrected chi connectivity index (χ4v) is 4.01. The van der Waals surface area contributed by atoms with Crippen LogP contribution in [0.1, 0.15) is 29.8 Å². The van der Waals surface area contributed by atoms with Crippen molar-refractivity contribution in [3.63, 3.8) is 0 Å². The molecule has 0 bridgehead atoms. The van der Waals surface area contributed by atoms with Gasteiger partial charge in [-0.2, -0.15) is 22.7 Å². The lowest BCUT2D eigenvalue weighted by Crippen LogP contribution is -2.47. The standard InChI is InChI=1S/C18H15BrF4N4/c1-9-6-11-10(2-4-14-12(11)7-24-26-14)16(27(9)8-18(21,22)23)15-5-3-13(19)17(20)25-15/h2-5,7,9,16H,6,8H2,1H3,(H,24,26)/t9-,16?/m1/s1. The molecule has 1 aromatic carbocycles. The molecule has 2 aromatic heterocycles. The van der Waals surface area contributed by atoms with Gasteiger partial charge in [0.05, 0.1) is 34.5 Å². The van der Waals surface area contributed by atoms with Crippen molar-refractivity contribution >= 4 is 26.8 Å². The number of alkyl halides is 3. The van der Waals surface area contributed by atoms with E-state index in [-0.39, 0.29) is 10.2 Å². The summed E-state index contributed by atoms with van der Waals surface area (Å²) in [5.41, 5.74) is 2.68. The molecule has 1 aliphatic rings. The summed E-state index contributed by atoms with van der Waals surface area (Å²) in [6.45, 7) is 0.650. The van der Waals surface area contributed by atoms with Crippen LogP contribution in [-0.2, 0) is 6.42 Å². The van der Waals surface area contributed by atoms with Gasteiger partial charge < -0.3 is 0 Å². The van der Waals surface area contributed by atoms with Gasteiger partial charge in [0, 0.05) is 11.4 Å². The molecule has 9 heteroatoms. The first kappa shape index (κ1) is 18.4. The van der Waals surface area contributed by atoms with Gasteiger partial charge in [-0.3, -0.25) is 10.00 Å². The first-order valence-corrected chi connectivity index (χ1v) is 9.13. The van der Waals surface area contributed by atoms with Gasteiger partial charge in [-0.15, -0.1) is 0 Å². The van der Waals surface area contributed by atoms with Gasteiger partial charge >= 0.3 is 6.18 Å². The molecule has 27 heavy (non-hydrogen) atoms. The smallest absolute Gasteiger partial charge is 0.279 e. The number of aromatic nitrogens is 3. The van der Waals surface area contributed by atoms with Crippen molar-refractivity contribution in [2.24, 2.45) is 0 Å². The molecule has 0 saturated carbocycles. The summed E-state index contributed by atoms with van der Waals surface area (Å²) in [7, 11) is 0. The predicted molar refractivity (Wildman–Crippen MR) is 95.8 cm³/mol. The summed E-state index contributed by atoms with van der Waals surface area (Å²) < 4.78 is 54.0. The lowest BCUT2D eigenvalue weighted by molar-refractivity contribution is -0.155. The Balaban J connectivity index is 1.92. The van der Waals surface area contributed by atoms with Gasteiger partial charge in [-0.1, -0.05) is 6.07 Å². The predicted octanol–water partition coefficient (Wildman–Crippen LogP) is 4.76. The molecule has 1 unspecified atom stereocenters. The molecule has 3 aromatic rings. The van der Waals surface area contributed by atoms with E-state index in [0.717, 1.165) is 16.5 Å². The topological polar surface area (TPSA) is 44.8 Å². The molecule has 142 valence electrons. The Kier molecular flexibility index (Phi) is 4.46. The summed E-state index contributed by atoms with van der Waals surface area (Å²) >= 11 is 3.04. The number of nitrogens with zero attached hydrogens (tertiary/aromatic N) is 3. The Morgan fingerprint density at radius 2 is 2.04 bits per heavy atom. The third-order valence-corrected chi connectivity index (χ3v) is 5.52. The van der Waals surface area contributed by atoms with Gasteiger partial charge in [0.1, 0.15) is 0 Å². The van der Waals surface area contributed by atoms with Crippen LogP contribution in [0.5, 0.6) is 0 Å². The summed E-state index contributed by atoms with van der Waals surface area (Å²) in [6.07, 6.45) is -2.26. The van der Waals surface area contributed by atoms with Crippen molar-refractivity contribution in [1.29, 1.82) is 0 Å². The number of hydrogen-bond acceptors (Lipinski definition) is 3. The van der Waals surface area contributed by atoms with E-state index in [1.54, 1.807) is 31.3 Å². The maximum Gasteiger partial charge on any atom is 0.401 e. The molecule has 4 nitrogen and oxygen atoms in total. The van der Waals surface area contributed by atoms with Crippen LogP contribution < -0.4 is 0 Å². The molecule has 0 amide bonds. The second kappa shape index (κ2) is 6.56. The number of nitrogens with one attached hydrogen (secondary N) is 1. The zero-order chi connectivity index (χ0) is 19.3. The first-order chi connectivity index (χ1) is 12.7. The highest BCUT2D eigenvalue weighted by Gasteiger charge is 2.41. The Morgan fingerprint density at radius 1 is 1.26 bits per heavy atom. The quantitative estimate of drug-likeness (QED) is 0.459. The molecular formula is C18H15BrF4N4.